The number of hydrogen-bond donors (Lipinski definition) is 2. The molecule has 3 rings (SSSR count). The molecular formula is C16H17N3O4. The van der Waals surface area contributed by atoms with Gasteiger partial charge in [0.1, 0.15) is 0 Å². The number of carbonyl (C=O) groups is 3. The van der Waals surface area contributed by atoms with Gasteiger partial charge in [0.15, 0.2) is 6.10 Å². The Balaban J connectivity index is 1.66. The molecule has 1 aromatic rings. The first kappa shape index (κ1) is 15.2. The number of cyclic esters (lactones) is 1. The molecule has 7 nitrogen and oxygen atoms in total. The lowest BCUT2D eigenvalue weighted by molar-refractivity contribution is -0.146. The van der Waals surface area contributed by atoms with Gasteiger partial charge in [0.2, 0.25) is 5.91 Å². The maximum absolute atomic E-state index is 12.0. The number of benzene rings is 1. The molecule has 0 aliphatic carbocycles. The molecule has 2 heterocycles. The van der Waals surface area contributed by atoms with Crippen molar-refractivity contribution in [3.63, 3.8) is 0 Å². The summed E-state index contributed by atoms with van der Waals surface area (Å²) >= 11 is 0. The smallest absolute Gasteiger partial charge is 0.306 e. The highest BCUT2D eigenvalue weighted by Crippen LogP contribution is 2.20. The summed E-state index contributed by atoms with van der Waals surface area (Å²) in [6.45, 7) is 1.95. The minimum atomic E-state index is -0.708. The predicted octanol–water partition coefficient (Wildman–Crippen LogP) is 1.19. The predicted molar refractivity (Wildman–Crippen MR) is 82.6 cm³/mol. The molecule has 2 N–H and O–H groups in total. The van der Waals surface area contributed by atoms with E-state index in [1.54, 1.807) is 12.1 Å². The van der Waals surface area contributed by atoms with Gasteiger partial charge in [0.05, 0.1) is 5.71 Å². The first-order valence-corrected chi connectivity index (χ1v) is 7.50. The molecule has 2 unspecified atom stereocenters. The maximum Gasteiger partial charge on any atom is 0.306 e. The molecule has 2 aliphatic heterocycles. The lowest BCUT2D eigenvalue weighted by Gasteiger charge is -2.19. The van der Waals surface area contributed by atoms with Crippen molar-refractivity contribution in [3.8, 4) is 0 Å². The second-order valence-corrected chi connectivity index (χ2v) is 5.72. The number of nitrogens with zero attached hydrogens (tertiary/aromatic N) is 1. The maximum atomic E-state index is 12.0. The monoisotopic (exact) mass is 315 g/mol. The molecule has 2 amide bonds. The van der Waals surface area contributed by atoms with Crippen molar-refractivity contribution >= 4 is 29.2 Å². The summed E-state index contributed by atoms with van der Waals surface area (Å²) in [4.78, 5) is 34.3. The fourth-order valence-corrected chi connectivity index (χ4v) is 2.66. The van der Waals surface area contributed by atoms with E-state index in [0.717, 1.165) is 11.3 Å². The normalized spacial score (nSPS) is 23.8. The molecule has 120 valence electrons. The molecule has 2 aliphatic rings. The van der Waals surface area contributed by atoms with E-state index in [2.05, 4.69) is 15.8 Å². The molecule has 1 fully saturated rings. The summed E-state index contributed by atoms with van der Waals surface area (Å²) in [7, 11) is 0. The van der Waals surface area contributed by atoms with E-state index in [4.69, 9.17) is 4.74 Å². The van der Waals surface area contributed by atoms with Crippen LogP contribution in [0.3, 0.4) is 0 Å². The molecule has 2 atom stereocenters. The number of hydrazone groups is 1. The molecule has 0 radical (unpaired) electrons. The molecule has 23 heavy (non-hydrogen) atoms. The summed E-state index contributed by atoms with van der Waals surface area (Å²) in [6, 6.07) is 7.19. The Morgan fingerprint density at radius 3 is 2.65 bits per heavy atom. The summed E-state index contributed by atoms with van der Waals surface area (Å²) in [5.74, 6) is -0.704. The molecule has 0 saturated carbocycles. The topological polar surface area (TPSA) is 96.9 Å². The van der Waals surface area contributed by atoms with Crippen LogP contribution in [0.2, 0.25) is 0 Å². The van der Waals surface area contributed by atoms with Gasteiger partial charge in [-0.2, -0.15) is 5.10 Å². The molecule has 1 aromatic carbocycles. The number of amides is 2. The average molecular weight is 315 g/mol. The van der Waals surface area contributed by atoms with Gasteiger partial charge >= 0.3 is 5.97 Å². The van der Waals surface area contributed by atoms with Crippen LogP contribution >= 0.6 is 0 Å². The van der Waals surface area contributed by atoms with Crippen LogP contribution in [0, 0.1) is 5.92 Å². The number of carbonyl (C=O) groups excluding carboxylic acids is 3. The van der Waals surface area contributed by atoms with E-state index in [-0.39, 0.29) is 30.1 Å². The summed E-state index contributed by atoms with van der Waals surface area (Å²) in [5.41, 5.74) is 4.80. The summed E-state index contributed by atoms with van der Waals surface area (Å²) in [5, 5.41) is 6.82. The van der Waals surface area contributed by atoms with Gasteiger partial charge in [-0.3, -0.25) is 14.4 Å². The third kappa shape index (κ3) is 3.39. The molecular weight excluding hydrogens is 298 g/mol. The number of ether oxygens (including phenoxy) is 1. The van der Waals surface area contributed by atoms with Crippen molar-refractivity contribution in [1.29, 1.82) is 0 Å². The number of nitrogens with one attached hydrogen (secondary N) is 2. The van der Waals surface area contributed by atoms with Crippen LogP contribution in [-0.2, 0) is 19.1 Å². The lowest BCUT2D eigenvalue weighted by Crippen LogP contribution is -2.32. The van der Waals surface area contributed by atoms with Crippen LogP contribution in [0.4, 0.5) is 5.69 Å². The van der Waals surface area contributed by atoms with E-state index in [1.165, 1.54) is 0 Å². The zero-order valence-electron chi connectivity index (χ0n) is 12.7. The van der Waals surface area contributed by atoms with Gasteiger partial charge in [-0.15, -0.1) is 0 Å². The average Bonchev–Trinajstić information content (AvgIpc) is 2.95. The fraction of sp³-hybridized carbons (Fsp3) is 0.375. The van der Waals surface area contributed by atoms with Crippen LogP contribution in [0.5, 0.6) is 0 Å². The highest BCUT2D eigenvalue weighted by Gasteiger charge is 2.29. The van der Waals surface area contributed by atoms with Crippen LogP contribution in [-0.4, -0.2) is 29.6 Å². The van der Waals surface area contributed by atoms with Gasteiger partial charge in [0, 0.05) is 30.9 Å². The van der Waals surface area contributed by atoms with Gasteiger partial charge in [-0.1, -0.05) is 19.1 Å². The summed E-state index contributed by atoms with van der Waals surface area (Å²) < 4.78 is 4.93. The van der Waals surface area contributed by atoms with Gasteiger partial charge in [-0.05, 0) is 17.7 Å². The Hall–Kier alpha value is -2.70. The Morgan fingerprint density at radius 1 is 1.30 bits per heavy atom. The van der Waals surface area contributed by atoms with Crippen molar-refractivity contribution < 1.29 is 19.1 Å². The van der Waals surface area contributed by atoms with Crippen molar-refractivity contribution in [1.82, 2.24) is 5.43 Å². The third-order valence-corrected chi connectivity index (χ3v) is 3.88. The van der Waals surface area contributed by atoms with Crippen LogP contribution in [0.1, 0.15) is 31.7 Å². The number of anilines is 1. The Morgan fingerprint density at radius 2 is 2.04 bits per heavy atom. The standard InChI is InChI=1S/C16H17N3O4/c1-9-8-13(20)18-19-15(9)10-2-4-11(5-3-10)17-16(22)12-6-7-14(21)23-12/h2-5,9,12H,6-8H2,1H3,(H,17,22)(H,18,20). The molecule has 0 aromatic heterocycles. The molecule has 7 heteroatoms. The van der Waals surface area contributed by atoms with Gasteiger partial charge in [-0.25, -0.2) is 5.43 Å². The Labute approximate surface area is 133 Å². The van der Waals surface area contributed by atoms with Gasteiger partial charge in [0.25, 0.3) is 5.91 Å². The van der Waals surface area contributed by atoms with E-state index in [9.17, 15) is 14.4 Å². The third-order valence-electron chi connectivity index (χ3n) is 3.88. The second kappa shape index (κ2) is 6.20. The first-order valence-electron chi connectivity index (χ1n) is 7.50. The quantitative estimate of drug-likeness (QED) is 0.819. The Bertz CT molecular complexity index is 681. The van der Waals surface area contributed by atoms with Crippen LogP contribution in [0.25, 0.3) is 0 Å². The van der Waals surface area contributed by atoms with Crippen molar-refractivity contribution in [3.05, 3.63) is 29.8 Å². The number of esters is 1. The second-order valence-electron chi connectivity index (χ2n) is 5.72. The highest BCUT2D eigenvalue weighted by atomic mass is 16.6. The van der Waals surface area contributed by atoms with Gasteiger partial charge < -0.3 is 10.1 Å². The highest BCUT2D eigenvalue weighted by molar-refractivity contribution is 6.06. The number of hydrogen-bond acceptors (Lipinski definition) is 5. The Kier molecular flexibility index (Phi) is 4.10. The number of rotatable bonds is 3. The minimum absolute atomic E-state index is 0.0436. The SMILES string of the molecule is CC1CC(=O)NN=C1c1ccc(NC(=O)C2CCC(=O)O2)cc1. The molecule has 0 bridgehead atoms. The fourth-order valence-electron chi connectivity index (χ4n) is 2.66. The van der Waals surface area contributed by atoms with Crippen molar-refractivity contribution in [2.45, 2.75) is 32.3 Å². The van der Waals surface area contributed by atoms with E-state index < -0.39 is 6.10 Å². The first-order chi connectivity index (χ1) is 11.0. The lowest BCUT2D eigenvalue weighted by atomic mass is 9.94. The van der Waals surface area contributed by atoms with Crippen molar-refractivity contribution in [2.24, 2.45) is 11.0 Å². The minimum Gasteiger partial charge on any atom is -0.452 e. The largest absolute Gasteiger partial charge is 0.452 e. The zero-order valence-corrected chi connectivity index (χ0v) is 12.7. The van der Waals surface area contributed by atoms with E-state index in [0.29, 0.717) is 18.5 Å². The van der Waals surface area contributed by atoms with E-state index in [1.807, 2.05) is 19.1 Å². The molecule has 0 spiro atoms. The van der Waals surface area contributed by atoms with E-state index >= 15 is 0 Å². The zero-order chi connectivity index (χ0) is 16.4. The molecule has 1 saturated heterocycles. The van der Waals surface area contributed by atoms with Crippen LogP contribution < -0.4 is 10.7 Å². The van der Waals surface area contributed by atoms with Crippen molar-refractivity contribution in [2.75, 3.05) is 5.32 Å². The van der Waals surface area contributed by atoms with Crippen LogP contribution in [0.15, 0.2) is 29.4 Å². The summed E-state index contributed by atoms with van der Waals surface area (Å²) in [6.07, 6.45) is 0.391.